The largest absolute Gasteiger partial charge is 0.395 e. The number of hydrogen-bond donors (Lipinski definition) is 1. The Bertz CT molecular complexity index is 424. The van der Waals surface area contributed by atoms with Crippen molar-refractivity contribution < 1.29 is 9.90 Å². The number of hydrogen-bond acceptors (Lipinski definition) is 3. The van der Waals surface area contributed by atoms with Crippen molar-refractivity contribution in [2.24, 2.45) is 0 Å². The highest BCUT2D eigenvalue weighted by molar-refractivity contribution is 8.01. The van der Waals surface area contributed by atoms with Gasteiger partial charge in [-0.15, -0.1) is 11.8 Å². The van der Waals surface area contributed by atoms with Crippen LogP contribution in [0, 0.1) is 0 Å². The summed E-state index contributed by atoms with van der Waals surface area (Å²) >= 11 is 7.39. The number of aliphatic hydroxyl groups excluding tert-OH is 1. The van der Waals surface area contributed by atoms with Gasteiger partial charge in [0.2, 0.25) is 5.91 Å². The van der Waals surface area contributed by atoms with Crippen LogP contribution in [0.25, 0.3) is 0 Å². The Kier molecular flexibility index (Phi) is 4.54. The molecule has 0 radical (unpaired) electrons. The number of rotatable bonds is 4. The van der Waals surface area contributed by atoms with Gasteiger partial charge in [0.05, 0.1) is 11.9 Å². The normalized spacial score (nSPS) is 21.4. The molecule has 1 aliphatic heterocycles. The average molecular weight is 286 g/mol. The van der Waals surface area contributed by atoms with Crippen LogP contribution in [0.5, 0.6) is 0 Å². The number of aliphatic hydroxyl groups is 1. The van der Waals surface area contributed by atoms with E-state index in [1.807, 2.05) is 19.1 Å². The molecule has 1 heterocycles. The number of anilines is 1. The molecule has 1 N–H and O–H groups in total. The number of halogens is 1. The monoisotopic (exact) mass is 285 g/mol. The molecule has 0 aromatic heterocycles. The van der Waals surface area contributed by atoms with Gasteiger partial charge in [-0.05, 0) is 30.7 Å². The number of carbonyl (C=O) groups excluding carboxylic acids is 1. The van der Waals surface area contributed by atoms with Gasteiger partial charge >= 0.3 is 0 Å². The fourth-order valence-corrected chi connectivity index (χ4v) is 3.24. The van der Waals surface area contributed by atoms with Crippen LogP contribution in [0.2, 0.25) is 5.02 Å². The number of benzene rings is 1. The van der Waals surface area contributed by atoms with E-state index in [4.69, 9.17) is 16.7 Å². The first-order chi connectivity index (χ1) is 8.61. The van der Waals surface area contributed by atoms with Gasteiger partial charge in [-0.3, -0.25) is 4.79 Å². The maximum atomic E-state index is 12.2. The Labute approximate surface area is 116 Å². The molecule has 0 unspecified atom stereocenters. The minimum atomic E-state index is -0.0390. The summed E-state index contributed by atoms with van der Waals surface area (Å²) in [6.07, 6.45) is 0.830. The van der Waals surface area contributed by atoms with Crippen molar-refractivity contribution in [2.75, 3.05) is 18.1 Å². The topological polar surface area (TPSA) is 40.5 Å². The lowest BCUT2D eigenvalue weighted by atomic mass is 10.3. The molecule has 2 atom stereocenters. The van der Waals surface area contributed by atoms with Crippen molar-refractivity contribution >= 4 is 35.0 Å². The molecular weight excluding hydrogens is 270 g/mol. The summed E-state index contributed by atoms with van der Waals surface area (Å²) < 4.78 is 0. The molecule has 1 aliphatic rings. The van der Waals surface area contributed by atoms with E-state index in [1.165, 1.54) is 0 Å². The number of thioether (sulfide) groups is 1. The zero-order valence-corrected chi connectivity index (χ0v) is 11.7. The molecule has 0 saturated carbocycles. The summed E-state index contributed by atoms with van der Waals surface area (Å²) in [5.41, 5.74) is 0.893. The van der Waals surface area contributed by atoms with Crippen LogP contribution < -0.4 is 4.90 Å². The third-order valence-corrected chi connectivity index (χ3v) is 4.58. The van der Waals surface area contributed by atoms with E-state index in [9.17, 15) is 4.79 Å². The van der Waals surface area contributed by atoms with Crippen LogP contribution in [-0.4, -0.2) is 34.7 Å². The fourth-order valence-electron chi connectivity index (χ4n) is 1.98. The molecule has 5 heteroatoms. The molecule has 0 bridgehead atoms. The van der Waals surface area contributed by atoms with Gasteiger partial charge in [0.25, 0.3) is 0 Å². The van der Waals surface area contributed by atoms with Crippen LogP contribution in [0.15, 0.2) is 24.3 Å². The Morgan fingerprint density at radius 3 is 2.78 bits per heavy atom. The van der Waals surface area contributed by atoms with E-state index in [1.54, 1.807) is 28.8 Å². The minimum Gasteiger partial charge on any atom is -0.395 e. The quantitative estimate of drug-likeness (QED) is 0.924. The van der Waals surface area contributed by atoms with E-state index in [2.05, 4.69) is 0 Å². The third kappa shape index (κ3) is 2.99. The van der Waals surface area contributed by atoms with E-state index in [-0.39, 0.29) is 23.0 Å². The van der Waals surface area contributed by atoms with Crippen LogP contribution in [-0.2, 0) is 4.79 Å². The first-order valence-electron chi connectivity index (χ1n) is 5.95. The smallest absolute Gasteiger partial charge is 0.240 e. The lowest BCUT2D eigenvalue weighted by Crippen LogP contribution is -2.28. The Morgan fingerprint density at radius 2 is 2.17 bits per heavy atom. The number of carbonyl (C=O) groups is 1. The Morgan fingerprint density at radius 1 is 1.50 bits per heavy atom. The van der Waals surface area contributed by atoms with Gasteiger partial charge in [0, 0.05) is 22.5 Å². The summed E-state index contributed by atoms with van der Waals surface area (Å²) in [6.45, 7) is 2.77. The standard InChI is InChI=1S/C13H16ClNO2S/c1-9(8-16)18-12-6-7-15(13(12)17)11-4-2-10(14)3-5-11/h2-5,9,12,16H,6-8H2,1H3/t9-,12-/m0/s1. The third-order valence-electron chi connectivity index (χ3n) is 2.95. The second kappa shape index (κ2) is 5.95. The van der Waals surface area contributed by atoms with E-state index >= 15 is 0 Å². The van der Waals surface area contributed by atoms with Crippen LogP contribution in [0.1, 0.15) is 13.3 Å². The predicted octanol–water partition coefficient (Wildman–Crippen LogP) is 2.56. The van der Waals surface area contributed by atoms with Gasteiger partial charge in [-0.1, -0.05) is 18.5 Å². The van der Waals surface area contributed by atoms with Crippen molar-refractivity contribution in [1.82, 2.24) is 0 Å². The van der Waals surface area contributed by atoms with Crippen molar-refractivity contribution in [3.8, 4) is 0 Å². The maximum absolute atomic E-state index is 12.2. The van der Waals surface area contributed by atoms with Crippen LogP contribution in [0.3, 0.4) is 0 Å². The van der Waals surface area contributed by atoms with Crippen LogP contribution in [0.4, 0.5) is 5.69 Å². The maximum Gasteiger partial charge on any atom is 0.240 e. The summed E-state index contributed by atoms with van der Waals surface area (Å²) in [6, 6.07) is 7.31. The average Bonchev–Trinajstić information content (AvgIpc) is 2.72. The molecule has 2 rings (SSSR count). The zero-order valence-electron chi connectivity index (χ0n) is 10.2. The molecule has 3 nitrogen and oxygen atoms in total. The summed E-state index contributed by atoms with van der Waals surface area (Å²) in [7, 11) is 0. The molecule has 1 aromatic rings. The molecule has 0 aliphatic carbocycles. The highest BCUT2D eigenvalue weighted by Gasteiger charge is 2.33. The SMILES string of the molecule is C[C@@H](CO)S[C@H]1CCN(c2ccc(Cl)cc2)C1=O. The van der Waals surface area contributed by atoms with E-state index in [0.29, 0.717) is 5.02 Å². The van der Waals surface area contributed by atoms with Gasteiger partial charge in [-0.2, -0.15) is 0 Å². The highest BCUT2D eigenvalue weighted by atomic mass is 35.5. The molecule has 1 saturated heterocycles. The molecule has 0 spiro atoms. The first-order valence-corrected chi connectivity index (χ1v) is 7.27. The molecule has 18 heavy (non-hydrogen) atoms. The second-order valence-electron chi connectivity index (χ2n) is 4.37. The van der Waals surface area contributed by atoms with Gasteiger partial charge in [0.15, 0.2) is 0 Å². The van der Waals surface area contributed by atoms with Crippen molar-refractivity contribution in [1.29, 1.82) is 0 Å². The molecule has 98 valence electrons. The molecule has 1 aromatic carbocycles. The second-order valence-corrected chi connectivity index (χ2v) is 6.46. The lowest BCUT2D eigenvalue weighted by molar-refractivity contribution is -0.116. The Balaban J connectivity index is 2.05. The summed E-state index contributed by atoms with van der Waals surface area (Å²) in [5, 5.41) is 9.77. The van der Waals surface area contributed by atoms with Crippen LogP contribution >= 0.6 is 23.4 Å². The molecule has 1 amide bonds. The van der Waals surface area contributed by atoms with Gasteiger partial charge in [-0.25, -0.2) is 0 Å². The number of nitrogens with zero attached hydrogens (tertiary/aromatic N) is 1. The van der Waals surface area contributed by atoms with E-state index in [0.717, 1.165) is 18.7 Å². The lowest BCUT2D eigenvalue weighted by Gasteiger charge is -2.17. The fraction of sp³-hybridized carbons (Fsp3) is 0.462. The van der Waals surface area contributed by atoms with E-state index < -0.39 is 0 Å². The summed E-state index contributed by atoms with van der Waals surface area (Å²) in [4.78, 5) is 14.0. The highest BCUT2D eigenvalue weighted by Crippen LogP contribution is 2.31. The molecular formula is C13H16ClNO2S. The molecule has 1 fully saturated rings. The predicted molar refractivity (Wildman–Crippen MR) is 76.3 cm³/mol. The Hall–Kier alpha value is -0.710. The van der Waals surface area contributed by atoms with Crippen molar-refractivity contribution in [3.63, 3.8) is 0 Å². The minimum absolute atomic E-state index is 0.0390. The van der Waals surface area contributed by atoms with Crippen molar-refractivity contribution in [2.45, 2.75) is 23.8 Å². The summed E-state index contributed by atoms with van der Waals surface area (Å²) in [5.74, 6) is 0.127. The van der Waals surface area contributed by atoms with Gasteiger partial charge in [0.1, 0.15) is 0 Å². The van der Waals surface area contributed by atoms with Crippen molar-refractivity contribution in [3.05, 3.63) is 29.3 Å². The number of amides is 1. The first kappa shape index (κ1) is 13.7. The zero-order chi connectivity index (χ0) is 13.1. The van der Waals surface area contributed by atoms with Gasteiger partial charge < -0.3 is 10.0 Å².